The van der Waals surface area contributed by atoms with Crippen LogP contribution in [0.4, 0.5) is 0 Å². The fourth-order valence-electron chi connectivity index (χ4n) is 4.33. The van der Waals surface area contributed by atoms with Gasteiger partial charge in [0.25, 0.3) is 0 Å². The molecule has 40 heavy (non-hydrogen) atoms. The van der Waals surface area contributed by atoms with Crippen molar-refractivity contribution in [3.05, 3.63) is 146 Å². The molecular formula is C34H34O4Si2. The molecule has 0 spiro atoms. The van der Waals surface area contributed by atoms with Crippen LogP contribution < -0.4 is 29.3 Å². The highest BCUT2D eigenvalue weighted by molar-refractivity contribution is 6.55. The second-order valence-electron chi connectivity index (χ2n) is 9.48. The molecule has 0 saturated carbocycles. The molecule has 0 amide bonds. The van der Waals surface area contributed by atoms with Crippen molar-refractivity contribution in [3.63, 3.8) is 0 Å². The normalized spacial score (nSPS) is 11.4. The van der Waals surface area contributed by atoms with E-state index in [4.69, 9.17) is 18.9 Å². The lowest BCUT2D eigenvalue weighted by Crippen LogP contribution is -2.31. The summed E-state index contributed by atoms with van der Waals surface area (Å²) < 4.78 is 24.9. The molecule has 5 aromatic carbocycles. The lowest BCUT2D eigenvalue weighted by atomic mass is 10.3. The van der Waals surface area contributed by atoms with Crippen LogP contribution in [0.2, 0.25) is 12.1 Å². The van der Waals surface area contributed by atoms with Crippen LogP contribution in [0, 0.1) is 0 Å². The summed E-state index contributed by atoms with van der Waals surface area (Å²) >= 11 is 0. The van der Waals surface area contributed by atoms with Crippen LogP contribution in [0.5, 0.6) is 23.0 Å². The molecule has 0 heterocycles. The van der Waals surface area contributed by atoms with Crippen molar-refractivity contribution in [1.82, 2.24) is 0 Å². The largest absolute Gasteiger partial charge is 0.455 e. The molecule has 0 bridgehead atoms. The van der Waals surface area contributed by atoms with Gasteiger partial charge >= 0.3 is 0 Å². The Labute approximate surface area is 241 Å². The Balaban J connectivity index is 1.18. The second kappa shape index (κ2) is 14.8. The minimum Gasteiger partial charge on any atom is -0.455 e. The third-order valence-corrected chi connectivity index (χ3v) is 10.0. The Bertz CT molecular complexity index is 1190. The summed E-state index contributed by atoms with van der Waals surface area (Å²) in [4.78, 5) is 0. The van der Waals surface area contributed by atoms with Gasteiger partial charge in [-0.25, -0.2) is 0 Å². The molecule has 5 aromatic rings. The smallest absolute Gasteiger partial charge is 0.238 e. The summed E-state index contributed by atoms with van der Waals surface area (Å²) in [5, 5.41) is 2.79. The van der Waals surface area contributed by atoms with Gasteiger partial charge in [0.2, 0.25) is 12.6 Å². The summed E-state index contributed by atoms with van der Waals surface area (Å²) in [5.74, 6) is 3.29. The molecule has 202 valence electrons. The van der Waals surface area contributed by atoms with Crippen molar-refractivity contribution < 1.29 is 18.9 Å². The lowest BCUT2D eigenvalue weighted by Gasteiger charge is -2.21. The summed E-state index contributed by atoms with van der Waals surface area (Å²) in [6.45, 7) is 0. The molecule has 0 saturated heterocycles. The molecule has 0 unspecified atom stereocenters. The predicted octanol–water partition coefficient (Wildman–Crippen LogP) is 5.08. The van der Waals surface area contributed by atoms with Gasteiger partial charge < -0.3 is 18.9 Å². The zero-order valence-corrected chi connectivity index (χ0v) is 25.3. The van der Waals surface area contributed by atoms with E-state index in [0.29, 0.717) is 0 Å². The fourth-order valence-corrected chi connectivity index (χ4v) is 7.08. The molecule has 0 aliphatic heterocycles. The number of para-hydroxylation sites is 4. The number of ether oxygens (including phenoxy) is 4. The zero-order valence-electron chi connectivity index (χ0n) is 22.5. The first-order valence-corrected chi connectivity index (χ1v) is 17.2. The van der Waals surface area contributed by atoms with Crippen LogP contribution in [0.15, 0.2) is 146 Å². The Morgan fingerprint density at radius 3 is 0.850 bits per heavy atom. The molecular weight excluding hydrogens is 529 g/mol. The maximum atomic E-state index is 6.22. The summed E-state index contributed by atoms with van der Waals surface area (Å²) in [6, 6.07) is 50.4. The molecule has 6 heteroatoms. The van der Waals surface area contributed by atoms with Crippen LogP contribution in [0.3, 0.4) is 0 Å². The van der Waals surface area contributed by atoms with E-state index in [2.05, 4.69) is 24.3 Å². The van der Waals surface area contributed by atoms with Gasteiger partial charge in [0, 0.05) is 12.1 Å². The van der Waals surface area contributed by atoms with Gasteiger partial charge in [-0.3, -0.25) is 0 Å². The van der Waals surface area contributed by atoms with Crippen molar-refractivity contribution in [2.45, 2.75) is 24.7 Å². The molecule has 4 nitrogen and oxygen atoms in total. The van der Waals surface area contributed by atoms with Crippen molar-refractivity contribution >= 4 is 29.4 Å². The highest BCUT2D eigenvalue weighted by Crippen LogP contribution is 2.19. The standard InChI is InChI=1S/C34H34O4Si2/c1-5-13-27(14-6-1)35-33(36-28-15-7-2-8-16-28)25-39-31-21-23-32(24-22-31)40-26-34(37-29-17-9-3-10-18-29)38-30-19-11-4-12-20-30/h1-24,33-34H,25-26,39-40H2. The zero-order chi connectivity index (χ0) is 27.2. The third kappa shape index (κ3) is 8.90. The number of hydrogen-bond acceptors (Lipinski definition) is 4. The van der Waals surface area contributed by atoms with Crippen LogP contribution >= 0.6 is 0 Å². The molecule has 0 radical (unpaired) electrons. The van der Waals surface area contributed by atoms with Crippen LogP contribution in [-0.4, -0.2) is 31.6 Å². The molecule has 0 fully saturated rings. The van der Waals surface area contributed by atoms with Gasteiger partial charge in [0.15, 0.2) is 0 Å². The molecule has 0 atom stereocenters. The van der Waals surface area contributed by atoms with Crippen molar-refractivity contribution in [3.8, 4) is 23.0 Å². The van der Waals surface area contributed by atoms with Gasteiger partial charge in [-0.2, -0.15) is 0 Å². The Hall–Kier alpha value is -4.27. The predicted molar refractivity (Wildman–Crippen MR) is 168 cm³/mol. The highest BCUT2D eigenvalue weighted by Gasteiger charge is 2.15. The number of benzene rings is 5. The van der Waals surface area contributed by atoms with Gasteiger partial charge in [-0.05, 0) is 48.5 Å². The van der Waals surface area contributed by atoms with E-state index < -0.39 is 19.0 Å². The molecule has 0 aliphatic carbocycles. The fraction of sp³-hybridized carbons (Fsp3) is 0.118. The first-order chi connectivity index (χ1) is 19.8. The van der Waals surface area contributed by atoms with E-state index in [9.17, 15) is 0 Å². The van der Waals surface area contributed by atoms with Gasteiger partial charge in [-0.1, -0.05) is 107 Å². The topological polar surface area (TPSA) is 36.9 Å². The Morgan fingerprint density at radius 2 is 0.600 bits per heavy atom. The van der Waals surface area contributed by atoms with E-state index in [0.717, 1.165) is 35.1 Å². The SMILES string of the molecule is c1ccc(OC(C[SiH2]c2ccc([SiH2]CC(Oc3ccccc3)Oc3ccccc3)cc2)Oc2ccccc2)cc1. The lowest BCUT2D eigenvalue weighted by molar-refractivity contribution is 0.0221. The van der Waals surface area contributed by atoms with Crippen LogP contribution in [0.25, 0.3) is 0 Å². The summed E-state index contributed by atoms with van der Waals surface area (Å²) in [5.41, 5.74) is 0. The molecule has 5 rings (SSSR count). The van der Waals surface area contributed by atoms with E-state index in [1.54, 1.807) is 0 Å². The van der Waals surface area contributed by atoms with E-state index >= 15 is 0 Å². The van der Waals surface area contributed by atoms with E-state index in [1.165, 1.54) is 10.4 Å². The van der Waals surface area contributed by atoms with Crippen LogP contribution in [0.1, 0.15) is 0 Å². The number of rotatable bonds is 14. The highest BCUT2D eigenvalue weighted by atomic mass is 28.2. The van der Waals surface area contributed by atoms with E-state index in [-0.39, 0.29) is 12.6 Å². The van der Waals surface area contributed by atoms with Gasteiger partial charge in [0.1, 0.15) is 23.0 Å². The minimum absolute atomic E-state index is 0.323. The van der Waals surface area contributed by atoms with E-state index in [1.807, 2.05) is 121 Å². The van der Waals surface area contributed by atoms with Gasteiger partial charge in [0.05, 0.1) is 19.0 Å². The summed E-state index contributed by atoms with van der Waals surface area (Å²) in [6.07, 6.45) is -0.645. The number of hydrogen-bond donors (Lipinski definition) is 0. The molecule has 0 aliphatic rings. The molecule has 0 N–H and O–H groups in total. The van der Waals surface area contributed by atoms with Crippen molar-refractivity contribution in [1.29, 1.82) is 0 Å². The Kier molecular flexibility index (Phi) is 10.1. The van der Waals surface area contributed by atoms with Crippen molar-refractivity contribution in [2.24, 2.45) is 0 Å². The maximum Gasteiger partial charge on any atom is 0.238 e. The average Bonchev–Trinajstić information content (AvgIpc) is 3.01. The first kappa shape index (κ1) is 27.3. The monoisotopic (exact) mass is 562 g/mol. The minimum atomic E-state index is -0.599. The quantitative estimate of drug-likeness (QED) is 0.140. The third-order valence-electron chi connectivity index (χ3n) is 6.40. The maximum absolute atomic E-state index is 6.22. The summed E-state index contributed by atoms with van der Waals surface area (Å²) in [7, 11) is -1.20. The molecule has 0 aromatic heterocycles. The second-order valence-corrected chi connectivity index (χ2v) is 13.3. The van der Waals surface area contributed by atoms with Gasteiger partial charge in [-0.15, -0.1) is 0 Å². The first-order valence-electron chi connectivity index (χ1n) is 13.7. The Morgan fingerprint density at radius 1 is 0.350 bits per heavy atom. The van der Waals surface area contributed by atoms with Crippen LogP contribution in [-0.2, 0) is 0 Å². The average molecular weight is 563 g/mol. The van der Waals surface area contributed by atoms with Crippen molar-refractivity contribution in [2.75, 3.05) is 0 Å².